The molecule has 0 bridgehead atoms. The van der Waals surface area contributed by atoms with Crippen LogP contribution in [0.25, 0.3) is 0 Å². The maximum Gasteiger partial charge on any atom is 0.0830 e. The van der Waals surface area contributed by atoms with Crippen molar-refractivity contribution in [3.63, 3.8) is 0 Å². The Morgan fingerprint density at radius 3 is 2.94 bits per heavy atom. The van der Waals surface area contributed by atoms with Gasteiger partial charge in [0.15, 0.2) is 0 Å². The van der Waals surface area contributed by atoms with E-state index < -0.39 is 0 Å². The van der Waals surface area contributed by atoms with Gasteiger partial charge in [0, 0.05) is 5.38 Å². The summed E-state index contributed by atoms with van der Waals surface area (Å²) in [7, 11) is 0. The van der Waals surface area contributed by atoms with Crippen molar-refractivity contribution in [1.82, 2.24) is 0 Å². The van der Waals surface area contributed by atoms with Crippen LogP contribution in [-0.4, -0.2) is 12.0 Å². The third-order valence-electron chi connectivity index (χ3n) is 4.18. The number of fused-ring (bicyclic) bond motifs is 1. The van der Waals surface area contributed by atoms with Crippen molar-refractivity contribution >= 4 is 11.6 Å². The topological polar surface area (TPSA) is 9.23 Å². The fourth-order valence-corrected chi connectivity index (χ4v) is 3.59. The first-order valence-corrected chi connectivity index (χ1v) is 7.11. The van der Waals surface area contributed by atoms with E-state index in [0.717, 1.165) is 19.4 Å². The van der Waals surface area contributed by atoms with Gasteiger partial charge in [0.2, 0.25) is 0 Å². The van der Waals surface area contributed by atoms with Gasteiger partial charge in [-0.15, -0.1) is 11.6 Å². The molecule has 3 rings (SSSR count). The van der Waals surface area contributed by atoms with E-state index in [2.05, 4.69) is 24.3 Å². The van der Waals surface area contributed by atoms with Gasteiger partial charge in [0.05, 0.1) is 12.7 Å². The summed E-state index contributed by atoms with van der Waals surface area (Å²) in [6.07, 6.45) is 6.18. The number of benzene rings is 1. The average molecular weight is 251 g/mol. The Labute approximate surface area is 108 Å². The summed E-state index contributed by atoms with van der Waals surface area (Å²) in [5, 5.41) is 0.368. The zero-order valence-electron chi connectivity index (χ0n) is 10.1. The van der Waals surface area contributed by atoms with Crippen LogP contribution in [0.4, 0.5) is 0 Å². The quantitative estimate of drug-likeness (QED) is 0.718. The SMILES string of the molecule is ClC1CCCC1CC1OCCc2ccccc21. The molecule has 0 amide bonds. The highest BCUT2D eigenvalue weighted by molar-refractivity contribution is 6.20. The maximum atomic E-state index is 6.37. The number of hydrogen-bond donors (Lipinski definition) is 0. The van der Waals surface area contributed by atoms with Crippen molar-refractivity contribution in [2.75, 3.05) is 6.61 Å². The first kappa shape index (κ1) is 11.6. The number of halogens is 1. The van der Waals surface area contributed by atoms with E-state index in [4.69, 9.17) is 16.3 Å². The number of hydrogen-bond acceptors (Lipinski definition) is 1. The molecule has 1 aliphatic carbocycles. The van der Waals surface area contributed by atoms with Gasteiger partial charge < -0.3 is 4.74 Å². The molecule has 1 saturated carbocycles. The van der Waals surface area contributed by atoms with E-state index in [1.807, 2.05) is 0 Å². The molecular formula is C15H19ClO. The van der Waals surface area contributed by atoms with Crippen LogP contribution in [0, 0.1) is 5.92 Å². The molecular weight excluding hydrogens is 232 g/mol. The van der Waals surface area contributed by atoms with Gasteiger partial charge in [-0.25, -0.2) is 0 Å². The Hall–Kier alpha value is -0.530. The summed E-state index contributed by atoms with van der Waals surface area (Å²) in [5.74, 6) is 0.646. The summed E-state index contributed by atoms with van der Waals surface area (Å²) in [6.45, 7) is 0.862. The lowest BCUT2D eigenvalue weighted by Gasteiger charge is -2.28. The fourth-order valence-electron chi connectivity index (χ4n) is 3.20. The molecule has 92 valence electrons. The van der Waals surface area contributed by atoms with E-state index >= 15 is 0 Å². The molecule has 1 heterocycles. The Bertz CT molecular complexity index is 390. The van der Waals surface area contributed by atoms with Crippen LogP contribution in [0.5, 0.6) is 0 Å². The molecule has 2 aliphatic rings. The molecule has 1 aromatic rings. The van der Waals surface area contributed by atoms with Crippen molar-refractivity contribution in [2.24, 2.45) is 5.92 Å². The summed E-state index contributed by atoms with van der Waals surface area (Å²) in [6, 6.07) is 8.70. The molecule has 1 aliphatic heterocycles. The van der Waals surface area contributed by atoms with Gasteiger partial charge in [-0.3, -0.25) is 0 Å². The fraction of sp³-hybridized carbons (Fsp3) is 0.600. The smallest absolute Gasteiger partial charge is 0.0830 e. The van der Waals surface area contributed by atoms with Crippen LogP contribution in [0.1, 0.15) is 42.9 Å². The van der Waals surface area contributed by atoms with Gasteiger partial charge >= 0.3 is 0 Å². The minimum Gasteiger partial charge on any atom is -0.373 e. The molecule has 2 heteroatoms. The van der Waals surface area contributed by atoms with E-state index in [1.54, 1.807) is 0 Å². The predicted molar refractivity (Wildman–Crippen MR) is 70.4 cm³/mol. The molecule has 0 saturated heterocycles. The molecule has 0 N–H and O–H groups in total. The van der Waals surface area contributed by atoms with Crippen LogP contribution in [-0.2, 0) is 11.2 Å². The normalized spacial score (nSPS) is 32.4. The zero-order chi connectivity index (χ0) is 11.7. The second kappa shape index (κ2) is 4.99. The Kier molecular flexibility index (Phi) is 3.39. The number of alkyl halides is 1. The standard InChI is InChI=1S/C15H19ClO/c16-14-7-3-5-12(14)10-15-13-6-2-1-4-11(13)8-9-17-15/h1-2,4,6,12,14-15H,3,5,7-10H2. The second-order valence-electron chi connectivity index (χ2n) is 5.25. The molecule has 3 unspecified atom stereocenters. The Morgan fingerprint density at radius 2 is 2.12 bits per heavy atom. The van der Waals surface area contributed by atoms with Crippen LogP contribution in [0.3, 0.4) is 0 Å². The molecule has 1 fully saturated rings. The van der Waals surface area contributed by atoms with Crippen LogP contribution in [0.2, 0.25) is 0 Å². The van der Waals surface area contributed by atoms with Crippen LogP contribution >= 0.6 is 11.6 Å². The summed E-state index contributed by atoms with van der Waals surface area (Å²) in [4.78, 5) is 0. The average Bonchev–Trinajstić information content (AvgIpc) is 2.76. The highest BCUT2D eigenvalue weighted by Crippen LogP contribution is 2.39. The Balaban J connectivity index is 1.76. The van der Waals surface area contributed by atoms with Crippen LogP contribution in [0.15, 0.2) is 24.3 Å². The minimum atomic E-state index is 0.282. The van der Waals surface area contributed by atoms with Gasteiger partial charge in [-0.05, 0) is 42.7 Å². The number of rotatable bonds is 2. The maximum absolute atomic E-state index is 6.37. The molecule has 0 spiro atoms. The lowest BCUT2D eigenvalue weighted by Crippen LogP contribution is -2.20. The third kappa shape index (κ3) is 2.36. The molecule has 17 heavy (non-hydrogen) atoms. The summed E-state index contributed by atoms with van der Waals surface area (Å²) in [5.41, 5.74) is 2.86. The zero-order valence-corrected chi connectivity index (χ0v) is 10.8. The Morgan fingerprint density at radius 1 is 1.24 bits per heavy atom. The van der Waals surface area contributed by atoms with E-state index in [9.17, 15) is 0 Å². The molecule has 1 aromatic carbocycles. The highest BCUT2D eigenvalue weighted by atomic mass is 35.5. The molecule has 0 aromatic heterocycles. The predicted octanol–water partition coefficient (Wildman–Crippen LogP) is 4.10. The molecule has 0 radical (unpaired) electrons. The molecule has 3 atom stereocenters. The first-order chi connectivity index (χ1) is 8.34. The van der Waals surface area contributed by atoms with Gasteiger partial charge in [-0.1, -0.05) is 30.7 Å². The van der Waals surface area contributed by atoms with E-state index in [0.29, 0.717) is 11.3 Å². The van der Waals surface area contributed by atoms with Crippen LogP contribution < -0.4 is 0 Å². The number of ether oxygens (including phenoxy) is 1. The molecule has 1 nitrogen and oxygen atoms in total. The van der Waals surface area contributed by atoms with Crippen molar-refractivity contribution in [3.05, 3.63) is 35.4 Å². The van der Waals surface area contributed by atoms with Crippen molar-refractivity contribution in [3.8, 4) is 0 Å². The highest BCUT2D eigenvalue weighted by Gasteiger charge is 2.30. The van der Waals surface area contributed by atoms with Gasteiger partial charge in [0.25, 0.3) is 0 Å². The van der Waals surface area contributed by atoms with Crippen molar-refractivity contribution in [2.45, 2.75) is 43.6 Å². The van der Waals surface area contributed by atoms with E-state index in [-0.39, 0.29) is 6.10 Å². The van der Waals surface area contributed by atoms with Crippen molar-refractivity contribution < 1.29 is 4.74 Å². The van der Waals surface area contributed by atoms with Gasteiger partial charge in [0.1, 0.15) is 0 Å². The lowest BCUT2D eigenvalue weighted by atomic mass is 9.90. The lowest BCUT2D eigenvalue weighted by molar-refractivity contribution is 0.0261. The summed E-state index contributed by atoms with van der Waals surface area (Å²) >= 11 is 6.37. The third-order valence-corrected chi connectivity index (χ3v) is 4.75. The van der Waals surface area contributed by atoms with E-state index in [1.165, 1.54) is 30.4 Å². The first-order valence-electron chi connectivity index (χ1n) is 6.68. The van der Waals surface area contributed by atoms with Gasteiger partial charge in [-0.2, -0.15) is 0 Å². The monoisotopic (exact) mass is 250 g/mol. The minimum absolute atomic E-state index is 0.282. The summed E-state index contributed by atoms with van der Waals surface area (Å²) < 4.78 is 5.96. The largest absolute Gasteiger partial charge is 0.373 e. The second-order valence-corrected chi connectivity index (χ2v) is 5.81. The van der Waals surface area contributed by atoms with Crippen molar-refractivity contribution in [1.29, 1.82) is 0 Å².